The van der Waals surface area contributed by atoms with Crippen molar-refractivity contribution in [1.29, 1.82) is 0 Å². The molecule has 1 aromatic heterocycles. The molecule has 0 fully saturated rings. The molecule has 0 radical (unpaired) electrons. The largest absolute Gasteiger partial charge is 0.328 e. The van der Waals surface area contributed by atoms with Gasteiger partial charge >= 0.3 is 0 Å². The maximum absolute atomic E-state index is 5.92. The molecule has 68 valence electrons. The van der Waals surface area contributed by atoms with Gasteiger partial charge in [-0.15, -0.1) is 11.3 Å². The van der Waals surface area contributed by atoms with Gasteiger partial charge in [-0.3, -0.25) is 0 Å². The third-order valence-corrected chi connectivity index (χ3v) is 3.34. The van der Waals surface area contributed by atoms with Gasteiger partial charge in [-0.1, -0.05) is 0 Å². The molecule has 0 aliphatic rings. The fourth-order valence-corrected chi connectivity index (χ4v) is 2.48. The molecule has 1 heterocycles. The van der Waals surface area contributed by atoms with Crippen LogP contribution < -0.4 is 11.5 Å². The summed E-state index contributed by atoms with van der Waals surface area (Å²) in [5, 5.41) is 0. The van der Waals surface area contributed by atoms with E-state index in [4.69, 9.17) is 11.5 Å². The lowest BCUT2D eigenvalue weighted by Crippen LogP contribution is -2.22. The Morgan fingerprint density at radius 1 is 1.50 bits per heavy atom. The summed E-state index contributed by atoms with van der Waals surface area (Å²) in [5.74, 6) is 0. The van der Waals surface area contributed by atoms with Gasteiger partial charge in [0.25, 0.3) is 0 Å². The molecule has 2 nitrogen and oxygen atoms in total. The zero-order valence-corrected chi connectivity index (χ0v) is 9.36. The van der Waals surface area contributed by atoms with Gasteiger partial charge in [-0.2, -0.15) is 0 Å². The van der Waals surface area contributed by atoms with Gasteiger partial charge in [0.05, 0.1) is 3.79 Å². The molecular formula is C8H13BrN2S. The van der Waals surface area contributed by atoms with Crippen LogP contribution in [0.15, 0.2) is 15.9 Å². The predicted molar refractivity (Wildman–Crippen MR) is 57.2 cm³/mol. The van der Waals surface area contributed by atoms with Crippen molar-refractivity contribution in [2.75, 3.05) is 0 Å². The lowest BCUT2D eigenvalue weighted by Gasteiger charge is -2.11. The summed E-state index contributed by atoms with van der Waals surface area (Å²) in [6.45, 7) is 1.97. The highest BCUT2D eigenvalue weighted by atomic mass is 79.9. The summed E-state index contributed by atoms with van der Waals surface area (Å²) in [7, 11) is 0. The fourth-order valence-electron chi connectivity index (χ4n) is 1.04. The number of hydrogen-bond donors (Lipinski definition) is 2. The van der Waals surface area contributed by atoms with E-state index in [1.165, 1.54) is 4.88 Å². The van der Waals surface area contributed by atoms with Gasteiger partial charge in [0.2, 0.25) is 0 Å². The van der Waals surface area contributed by atoms with Crippen LogP contribution in [-0.4, -0.2) is 6.04 Å². The van der Waals surface area contributed by atoms with Crippen molar-refractivity contribution in [3.05, 3.63) is 20.8 Å². The minimum atomic E-state index is 0.0845. The monoisotopic (exact) mass is 248 g/mol. The standard InChI is InChI=1S/C8H13BrN2S/c1-5(10)4-6(11)7-2-3-8(9)12-7/h2-3,5-6H,4,10-11H2,1H3. The van der Waals surface area contributed by atoms with Gasteiger partial charge in [0.15, 0.2) is 0 Å². The van der Waals surface area contributed by atoms with E-state index in [0.717, 1.165) is 10.2 Å². The minimum Gasteiger partial charge on any atom is -0.328 e. The minimum absolute atomic E-state index is 0.0845. The van der Waals surface area contributed by atoms with Gasteiger partial charge in [-0.05, 0) is 41.4 Å². The topological polar surface area (TPSA) is 52.0 Å². The van der Waals surface area contributed by atoms with E-state index in [1.807, 2.05) is 19.1 Å². The maximum Gasteiger partial charge on any atom is 0.0701 e. The van der Waals surface area contributed by atoms with Crippen molar-refractivity contribution in [1.82, 2.24) is 0 Å². The lowest BCUT2D eigenvalue weighted by molar-refractivity contribution is 0.575. The Balaban J connectivity index is 2.58. The summed E-state index contributed by atoms with van der Waals surface area (Å²) >= 11 is 5.07. The second kappa shape index (κ2) is 4.37. The van der Waals surface area contributed by atoms with Crippen LogP contribution in [0.2, 0.25) is 0 Å². The average Bonchev–Trinajstić information content (AvgIpc) is 2.34. The smallest absolute Gasteiger partial charge is 0.0701 e. The summed E-state index contributed by atoms with van der Waals surface area (Å²) in [4.78, 5) is 1.19. The molecule has 0 saturated heterocycles. The highest BCUT2D eigenvalue weighted by Crippen LogP contribution is 2.27. The number of nitrogens with two attached hydrogens (primary N) is 2. The first-order valence-corrected chi connectivity index (χ1v) is 5.47. The number of thiophene rings is 1. The number of rotatable bonds is 3. The Morgan fingerprint density at radius 2 is 2.17 bits per heavy atom. The van der Waals surface area contributed by atoms with Crippen molar-refractivity contribution in [3.63, 3.8) is 0 Å². The molecule has 0 bridgehead atoms. The molecular weight excluding hydrogens is 236 g/mol. The average molecular weight is 249 g/mol. The number of hydrogen-bond acceptors (Lipinski definition) is 3. The Hall–Kier alpha value is 0.1000. The molecule has 1 aromatic rings. The molecule has 0 aromatic carbocycles. The van der Waals surface area contributed by atoms with Gasteiger partial charge < -0.3 is 11.5 Å². The molecule has 2 unspecified atom stereocenters. The second-order valence-corrected chi connectivity index (χ2v) is 5.46. The summed E-state index contributed by atoms with van der Waals surface area (Å²) in [5.41, 5.74) is 11.6. The molecule has 4 N–H and O–H groups in total. The molecule has 0 amide bonds. The van der Waals surface area contributed by atoms with Crippen molar-refractivity contribution in [2.45, 2.75) is 25.4 Å². The normalized spacial score (nSPS) is 16.0. The summed E-state index contributed by atoms with van der Waals surface area (Å²) in [6.07, 6.45) is 0.840. The van der Waals surface area contributed by atoms with Crippen LogP contribution in [0.25, 0.3) is 0 Å². The first-order chi connectivity index (χ1) is 5.59. The zero-order chi connectivity index (χ0) is 9.14. The molecule has 1 rings (SSSR count). The predicted octanol–water partition coefficient (Wildman–Crippen LogP) is 2.25. The van der Waals surface area contributed by atoms with Crippen molar-refractivity contribution in [3.8, 4) is 0 Å². The Kier molecular flexibility index (Phi) is 3.71. The van der Waals surface area contributed by atoms with Crippen LogP contribution in [0.5, 0.6) is 0 Å². The Labute approximate surface area is 85.1 Å². The summed E-state index contributed by atoms with van der Waals surface area (Å²) in [6, 6.07) is 4.31. The number of halogens is 1. The maximum atomic E-state index is 5.92. The Morgan fingerprint density at radius 3 is 2.58 bits per heavy atom. The van der Waals surface area contributed by atoms with E-state index in [9.17, 15) is 0 Å². The van der Waals surface area contributed by atoms with Crippen LogP contribution in [0.4, 0.5) is 0 Å². The quantitative estimate of drug-likeness (QED) is 0.863. The Bertz CT molecular complexity index is 247. The molecule has 12 heavy (non-hydrogen) atoms. The lowest BCUT2D eigenvalue weighted by atomic mass is 10.1. The van der Waals surface area contributed by atoms with Crippen molar-refractivity contribution in [2.24, 2.45) is 11.5 Å². The van der Waals surface area contributed by atoms with Crippen LogP contribution >= 0.6 is 27.3 Å². The van der Waals surface area contributed by atoms with Crippen LogP contribution in [-0.2, 0) is 0 Å². The highest BCUT2D eigenvalue weighted by molar-refractivity contribution is 9.11. The first kappa shape index (κ1) is 10.2. The van der Waals surface area contributed by atoms with E-state index >= 15 is 0 Å². The molecule has 0 aliphatic heterocycles. The second-order valence-electron chi connectivity index (χ2n) is 2.96. The van der Waals surface area contributed by atoms with E-state index in [1.54, 1.807) is 11.3 Å². The van der Waals surface area contributed by atoms with Crippen molar-refractivity contribution >= 4 is 27.3 Å². The van der Waals surface area contributed by atoms with E-state index < -0.39 is 0 Å². The van der Waals surface area contributed by atoms with Crippen LogP contribution in [0.3, 0.4) is 0 Å². The van der Waals surface area contributed by atoms with Gasteiger partial charge in [0.1, 0.15) is 0 Å². The van der Waals surface area contributed by atoms with Crippen LogP contribution in [0, 0.1) is 0 Å². The third kappa shape index (κ3) is 2.86. The molecule has 0 saturated carbocycles. The third-order valence-electron chi connectivity index (χ3n) is 1.59. The van der Waals surface area contributed by atoms with Crippen LogP contribution in [0.1, 0.15) is 24.3 Å². The molecule has 0 aliphatic carbocycles. The van der Waals surface area contributed by atoms with Gasteiger partial charge in [0, 0.05) is 17.0 Å². The van der Waals surface area contributed by atoms with E-state index in [-0.39, 0.29) is 12.1 Å². The van der Waals surface area contributed by atoms with Crippen molar-refractivity contribution < 1.29 is 0 Å². The van der Waals surface area contributed by atoms with E-state index in [2.05, 4.69) is 15.9 Å². The molecule has 0 spiro atoms. The zero-order valence-electron chi connectivity index (χ0n) is 6.96. The van der Waals surface area contributed by atoms with Gasteiger partial charge in [-0.25, -0.2) is 0 Å². The SMILES string of the molecule is CC(N)CC(N)c1ccc(Br)s1. The summed E-state index contributed by atoms with van der Waals surface area (Å²) < 4.78 is 1.12. The highest BCUT2D eigenvalue weighted by Gasteiger charge is 2.09. The fraction of sp³-hybridized carbons (Fsp3) is 0.500. The molecule has 2 atom stereocenters. The first-order valence-electron chi connectivity index (χ1n) is 3.86. The molecule has 4 heteroatoms. The van der Waals surface area contributed by atoms with E-state index in [0.29, 0.717) is 0 Å².